The fourth-order valence-electron chi connectivity index (χ4n) is 3.82. The number of benzene rings is 1. The molecule has 2 amide bonds. The van der Waals surface area contributed by atoms with Crippen LogP contribution in [0.3, 0.4) is 0 Å². The van der Waals surface area contributed by atoms with Gasteiger partial charge in [0, 0.05) is 45.5 Å². The molecule has 0 spiro atoms. The van der Waals surface area contributed by atoms with Gasteiger partial charge in [0.25, 0.3) is 5.91 Å². The minimum Gasteiger partial charge on any atom is -0.396 e. The molecule has 0 aliphatic carbocycles. The lowest BCUT2D eigenvalue weighted by atomic mass is 10.1. The van der Waals surface area contributed by atoms with Gasteiger partial charge in [-0.25, -0.2) is 4.98 Å². The Labute approximate surface area is 169 Å². The van der Waals surface area contributed by atoms with E-state index in [-0.39, 0.29) is 25.0 Å². The summed E-state index contributed by atoms with van der Waals surface area (Å²) in [6.07, 6.45) is 2.39. The highest BCUT2D eigenvalue weighted by atomic mass is 16.3. The van der Waals surface area contributed by atoms with E-state index in [9.17, 15) is 9.59 Å². The molecule has 0 atom stereocenters. The summed E-state index contributed by atoms with van der Waals surface area (Å²) in [7, 11) is 0. The van der Waals surface area contributed by atoms with Crippen LogP contribution in [0.2, 0.25) is 0 Å². The van der Waals surface area contributed by atoms with E-state index in [4.69, 9.17) is 5.11 Å². The topological polar surface area (TPSA) is 89.0 Å². The molecule has 0 unspecified atom stereocenters. The maximum atomic E-state index is 13.4. The van der Waals surface area contributed by atoms with Crippen LogP contribution in [-0.2, 0) is 4.79 Å². The van der Waals surface area contributed by atoms with Crippen molar-refractivity contribution in [3.63, 3.8) is 0 Å². The third-order valence-corrected chi connectivity index (χ3v) is 5.34. The molecule has 152 valence electrons. The van der Waals surface area contributed by atoms with E-state index >= 15 is 0 Å². The van der Waals surface area contributed by atoms with Gasteiger partial charge in [-0.05, 0) is 30.7 Å². The van der Waals surface area contributed by atoms with Crippen molar-refractivity contribution in [3.8, 4) is 0 Å². The Kier molecular flexibility index (Phi) is 5.84. The predicted octanol–water partition coefficient (Wildman–Crippen LogP) is 1.31. The van der Waals surface area contributed by atoms with E-state index in [1.165, 1.54) is 0 Å². The number of aromatic nitrogens is 1. The summed E-state index contributed by atoms with van der Waals surface area (Å²) >= 11 is 0. The number of rotatable bonds is 5. The molecule has 2 aliphatic heterocycles. The lowest BCUT2D eigenvalue weighted by Gasteiger charge is -2.35. The molecule has 4 rings (SSSR count). The van der Waals surface area contributed by atoms with Gasteiger partial charge in [-0.1, -0.05) is 12.1 Å². The molecule has 1 aromatic heterocycles. The molecule has 2 N–H and O–H groups in total. The maximum Gasteiger partial charge on any atom is 0.257 e. The molecule has 8 heteroatoms. The SMILES string of the molecule is O=C1Nc2cccnc2N(C(=O)CN2CCN(CCCO)CC2)c2ccccc21. The number of piperazine rings is 1. The molecule has 0 saturated carbocycles. The van der Waals surface area contributed by atoms with E-state index in [0.717, 1.165) is 39.1 Å². The van der Waals surface area contributed by atoms with Crippen LogP contribution in [0.15, 0.2) is 42.6 Å². The molecule has 8 nitrogen and oxygen atoms in total. The molecule has 3 heterocycles. The summed E-state index contributed by atoms with van der Waals surface area (Å²) in [5.74, 6) is 0.0812. The molecule has 1 fully saturated rings. The number of carbonyl (C=O) groups is 2. The number of aliphatic hydroxyl groups excluding tert-OH is 1. The highest BCUT2D eigenvalue weighted by Gasteiger charge is 2.31. The molecule has 1 aromatic carbocycles. The Morgan fingerprint density at radius 3 is 2.62 bits per heavy atom. The van der Waals surface area contributed by atoms with Gasteiger partial charge >= 0.3 is 0 Å². The standard InChI is InChI=1S/C21H25N5O3/c27-14-4-9-24-10-12-25(13-11-24)15-19(28)26-18-7-2-1-5-16(18)21(29)23-17-6-3-8-22-20(17)26/h1-3,5-8,27H,4,9-15H2,(H,23,29). The van der Waals surface area contributed by atoms with Crippen LogP contribution < -0.4 is 10.2 Å². The Morgan fingerprint density at radius 2 is 1.83 bits per heavy atom. The average molecular weight is 395 g/mol. The Balaban J connectivity index is 1.55. The fraction of sp³-hybridized carbons (Fsp3) is 0.381. The van der Waals surface area contributed by atoms with Crippen LogP contribution in [0.5, 0.6) is 0 Å². The van der Waals surface area contributed by atoms with Crippen LogP contribution in [0.1, 0.15) is 16.8 Å². The second kappa shape index (κ2) is 8.69. The molecule has 2 aliphatic rings. The van der Waals surface area contributed by atoms with Gasteiger partial charge in [-0.3, -0.25) is 19.4 Å². The smallest absolute Gasteiger partial charge is 0.257 e. The zero-order valence-electron chi connectivity index (χ0n) is 16.3. The van der Waals surface area contributed by atoms with Crippen molar-refractivity contribution in [3.05, 3.63) is 48.2 Å². The second-order valence-corrected chi connectivity index (χ2v) is 7.27. The highest BCUT2D eigenvalue weighted by molar-refractivity contribution is 6.17. The number of nitrogens with zero attached hydrogens (tertiary/aromatic N) is 4. The number of amides is 2. The minimum absolute atomic E-state index is 0.113. The summed E-state index contributed by atoms with van der Waals surface area (Å²) in [5, 5.41) is 11.8. The van der Waals surface area contributed by atoms with Crippen LogP contribution in [0.25, 0.3) is 0 Å². The minimum atomic E-state index is -0.248. The fourth-order valence-corrected chi connectivity index (χ4v) is 3.82. The summed E-state index contributed by atoms with van der Waals surface area (Å²) in [4.78, 5) is 36.4. The number of hydrogen-bond acceptors (Lipinski definition) is 6. The van der Waals surface area contributed by atoms with E-state index in [1.807, 2.05) is 6.07 Å². The quantitative estimate of drug-likeness (QED) is 0.794. The van der Waals surface area contributed by atoms with Crippen molar-refractivity contribution >= 4 is 29.0 Å². The van der Waals surface area contributed by atoms with Crippen LogP contribution >= 0.6 is 0 Å². The molecule has 29 heavy (non-hydrogen) atoms. The molecular weight excluding hydrogens is 370 g/mol. The zero-order valence-corrected chi connectivity index (χ0v) is 16.3. The van der Waals surface area contributed by atoms with E-state index in [1.54, 1.807) is 41.4 Å². The predicted molar refractivity (Wildman–Crippen MR) is 110 cm³/mol. The van der Waals surface area contributed by atoms with Crippen molar-refractivity contribution < 1.29 is 14.7 Å². The van der Waals surface area contributed by atoms with E-state index < -0.39 is 0 Å². The third kappa shape index (κ3) is 4.14. The maximum absolute atomic E-state index is 13.4. The summed E-state index contributed by atoms with van der Waals surface area (Å²) in [6, 6.07) is 10.6. The second-order valence-electron chi connectivity index (χ2n) is 7.27. The van der Waals surface area contributed by atoms with Crippen molar-refractivity contribution in [2.45, 2.75) is 6.42 Å². The van der Waals surface area contributed by atoms with E-state index in [2.05, 4.69) is 20.1 Å². The van der Waals surface area contributed by atoms with Crippen LogP contribution in [0, 0.1) is 0 Å². The Bertz CT molecular complexity index is 895. The van der Waals surface area contributed by atoms with Gasteiger partial charge in [0.2, 0.25) is 5.91 Å². The Morgan fingerprint density at radius 1 is 1.07 bits per heavy atom. The number of para-hydroxylation sites is 1. The number of aliphatic hydroxyl groups is 1. The summed E-state index contributed by atoms with van der Waals surface area (Å²) < 4.78 is 0. The number of carbonyl (C=O) groups excluding carboxylic acids is 2. The van der Waals surface area contributed by atoms with Crippen molar-refractivity contribution in [1.29, 1.82) is 0 Å². The average Bonchev–Trinajstić information content (AvgIpc) is 2.87. The number of anilines is 3. The van der Waals surface area contributed by atoms with Crippen molar-refractivity contribution in [2.75, 3.05) is 56.1 Å². The molecule has 0 radical (unpaired) electrons. The van der Waals surface area contributed by atoms with E-state index in [0.29, 0.717) is 22.8 Å². The first-order chi connectivity index (χ1) is 14.2. The van der Waals surface area contributed by atoms with Crippen LogP contribution in [0.4, 0.5) is 17.2 Å². The Hall–Kier alpha value is -2.81. The largest absolute Gasteiger partial charge is 0.396 e. The molecule has 2 aromatic rings. The van der Waals surface area contributed by atoms with Gasteiger partial charge < -0.3 is 15.3 Å². The number of hydrogen-bond donors (Lipinski definition) is 2. The lowest BCUT2D eigenvalue weighted by molar-refractivity contribution is -0.119. The molecule has 0 bridgehead atoms. The zero-order chi connectivity index (χ0) is 20.2. The summed E-state index contributed by atoms with van der Waals surface area (Å²) in [5.41, 5.74) is 1.53. The van der Waals surface area contributed by atoms with Crippen LogP contribution in [-0.4, -0.2) is 77.6 Å². The van der Waals surface area contributed by atoms with Crippen molar-refractivity contribution in [1.82, 2.24) is 14.8 Å². The van der Waals surface area contributed by atoms with Gasteiger partial charge in [-0.15, -0.1) is 0 Å². The van der Waals surface area contributed by atoms with Gasteiger partial charge in [-0.2, -0.15) is 0 Å². The van der Waals surface area contributed by atoms with Gasteiger partial charge in [0.05, 0.1) is 23.5 Å². The number of fused-ring (bicyclic) bond motifs is 2. The first kappa shape index (κ1) is 19.5. The first-order valence-corrected chi connectivity index (χ1v) is 9.91. The first-order valence-electron chi connectivity index (χ1n) is 9.91. The number of pyridine rings is 1. The molecular formula is C21H25N5O3. The highest BCUT2D eigenvalue weighted by Crippen LogP contribution is 2.36. The summed E-state index contributed by atoms with van der Waals surface area (Å²) in [6.45, 7) is 4.66. The monoisotopic (exact) mass is 395 g/mol. The normalized spacial score (nSPS) is 17.3. The molecule has 1 saturated heterocycles. The third-order valence-electron chi connectivity index (χ3n) is 5.34. The van der Waals surface area contributed by atoms with Crippen molar-refractivity contribution in [2.24, 2.45) is 0 Å². The lowest BCUT2D eigenvalue weighted by Crippen LogP contribution is -2.49. The van der Waals surface area contributed by atoms with Gasteiger partial charge in [0.15, 0.2) is 5.82 Å². The number of nitrogens with one attached hydrogen (secondary N) is 1. The van der Waals surface area contributed by atoms with Gasteiger partial charge in [0.1, 0.15) is 0 Å².